The molecule has 4 rings (SSSR count). The second-order valence-electron chi connectivity index (χ2n) is 6.03. The van der Waals surface area contributed by atoms with Gasteiger partial charge in [-0.1, -0.05) is 41.7 Å². The second-order valence-corrected chi connectivity index (χ2v) is 7.06. The highest BCUT2D eigenvalue weighted by Crippen LogP contribution is 2.28. The SMILES string of the molecule is O=C(Nc1cnc(-c2ccccc2)s1)c1ccnc(C(=O)NC2CC2)c1. The van der Waals surface area contributed by atoms with Gasteiger partial charge in [0.2, 0.25) is 0 Å². The zero-order valence-corrected chi connectivity index (χ0v) is 14.6. The zero-order chi connectivity index (χ0) is 17.9. The molecule has 0 unspecified atom stereocenters. The highest BCUT2D eigenvalue weighted by atomic mass is 32.1. The fourth-order valence-electron chi connectivity index (χ4n) is 2.41. The lowest BCUT2D eigenvalue weighted by molar-refractivity contribution is 0.0946. The van der Waals surface area contributed by atoms with Crippen molar-refractivity contribution in [3.05, 3.63) is 66.1 Å². The lowest BCUT2D eigenvalue weighted by Crippen LogP contribution is -2.26. The van der Waals surface area contributed by atoms with E-state index in [2.05, 4.69) is 20.6 Å². The molecule has 130 valence electrons. The predicted octanol–water partition coefficient (Wildman–Crippen LogP) is 3.35. The Morgan fingerprint density at radius 3 is 2.62 bits per heavy atom. The zero-order valence-electron chi connectivity index (χ0n) is 13.8. The number of hydrogen-bond acceptors (Lipinski definition) is 5. The average Bonchev–Trinajstić information content (AvgIpc) is 3.37. The van der Waals surface area contributed by atoms with Gasteiger partial charge >= 0.3 is 0 Å². The first kappa shape index (κ1) is 16.4. The van der Waals surface area contributed by atoms with Crippen LogP contribution in [0.25, 0.3) is 10.6 Å². The normalized spacial score (nSPS) is 13.2. The molecule has 0 spiro atoms. The number of benzene rings is 1. The van der Waals surface area contributed by atoms with Crippen LogP contribution in [0.1, 0.15) is 33.7 Å². The Bertz CT molecular complexity index is 951. The van der Waals surface area contributed by atoms with E-state index in [-0.39, 0.29) is 23.6 Å². The van der Waals surface area contributed by atoms with Gasteiger partial charge in [-0.05, 0) is 25.0 Å². The topological polar surface area (TPSA) is 84.0 Å². The minimum atomic E-state index is -0.295. The minimum Gasteiger partial charge on any atom is -0.348 e. The molecule has 0 atom stereocenters. The molecule has 1 aromatic carbocycles. The van der Waals surface area contributed by atoms with E-state index in [0.717, 1.165) is 23.4 Å². The highest BCUT2D eigenvalue weighted by molar-refractivity contribution is 7.19. The maximum atomic E-state index is 12.5. The van der Waals surface area contributed by atoms with Crippen molar-refractivity contribution in [3.63, 3.8) is 0 Å². The van der Waals surface area contributed by atoms with Crippen molar-refractivity contribution >= 4 is 28.2 Å². The molecule has 26 heavy (non-hydrogen) atoms. The summed E-state index contributed by atoms with van der Waals surface area (Å²) in [7, 11) is 0. The molecular formula is C19H16N4O2S. The summed E-state index contributed by atoms with van der Waals surface area (Å²) in [6.45, 7) is 0. The first-order chi connectivity index (χ1) is 12.7. The second kappa shape index (κ2) is 7.05. The van der Waals surface area contributed by atoms with Gasteiger partial charge in [0.25, 0.3) is 11.8 Å². The van der Waals surface area contributed by atoms with Crippen LogP contribution in [0.2, 0.25) is 0 Å². The summed E-state index contributed by atoms with van der Waals surface area (Å²) < 4.78 is 0. The van der Waals surface area contributed by atoms with Crippen molar-refractivity contribution in [2.75, 3.05) is 5.32 Å². The predicted molar refractivity (Wildman–Crippen MR) is 100 cm³/mol. The Morgan fingerprint density at radius 1 is 1.04 bits per heavy atom. The molecule has 0 radical (unpaired) electrons. The van der Waals surface area contributed by atoms with Gasteiger partial charge in [0.1, 0.15) is 15.7 Å². The number of pyridine rings is 1. The molecule has 1 fully saturated rings. The fraction of sp³-hybridized carbons (Fsp3) is 0.158. The van der Waals surface area contributed by atoms with E-state index in [1.807, 2.05) is 30.3 Å². The number of nitrogens with zero attached hydrogens (tertiary/aromatic N) is 2. The van der Waals surface area contributed by atoms with Crippen LogP contribution < -0.4 is 10.6 Å². The maximum absolute atomic E-state index is 12.5. The first-order valence-corrected chi connectivity index (χ1v) is 9.10. The Hall–Kier alpha value is -3.06. The van der Waals surface area contributed by atoms with Gasteiger partial charge in [0.15, 0.2) is 0 Å². The average molecular weight is 364 g/mol. The minimum absolute atomic E-state index is 0.244. The van der Waals surface area contributed by atoms with Crippen molar-refractivity contribution in [1.82, 2.24) is 15.3 Å². The molecule has 2 N–H and O–H groups in total. The van der Waals surface area contributed by atoms with E-state index in [9.17, 15) is 9.59 Å². The van der Waals surface area contributed by atoms with E-state index in [1.54, 1.807) is 12.3 Å². The third-order valence-corrected chi connectivity index (χ3v) is 4.89. The van der Waals surface area contributed by atoms with Crippen LogP contribution in [0.3, 0.4) is 0 Å². The van der Waals surface area contributed by atoms with E-state index < -0.39 is 0 Å². The number of thiazole rings is 1. The maximum Gasteiger partial charge on any atom is 0.270 e. The monoisotopic (exact) mass is 364 g/mol. The van der Waals surface area contributed by atoms with Crippen LogP contribution in [0, 0.1) is 0 Å². The Kier molecular flexibility index (Phi) is 4.45. The molecule has 1 aliphatic carbocycles. The lowest BCUT2D eigenvalue weighted by atomic mass is 10.2. The lowest BCUT2D eigenvalue weighted by Gasteiger charge is -2.05. The van der Waals surface area contributed by atoms with Gasteiger partial charge in [-0.25, -0.2) is 4.98 Å². The van der Waals surface area contributed by atoms with Gasteiger partial charge in [-0.3, -0.25) is 14.6 Å². The van der Waals surface area contributed by atoms with Crippen LogP contribution in [0.15, 0.2) is 54.9 Å². The Balaban J connectivity index is 1.46. The summed E-state index contributed by atoms with van der Waals surface area (Å²) in [4.78, 5) is 33.0. The summed E-state index contributed by atoms with van der Waals surface area (Å²) >= 11 is 1.40. The van der Waals surface area contributed by atoms with E-state index in [4.69, 9.17) is 0 Å². The number of carbonyl (C=O) groups excluding carboxylic acids is 2. The number of carbonyl (C=O) groups is 2. The van der Waals surface area contributed by atoms with Crippen molar-refractivity contribution < 1.29 is 9.59 Å². The largest absolute Gasteiger partial charge is 0.348 e. The first-order valence-electron chi connectivity index (χ1n) is 8.28. The van der Waals surface area contributed by atoms with Crippen LogP contribution in [0.4, 0.5) is 5.00 Å². The summed E-state index contributed by atoms with van der Waals surface area (Å²) in [6.07, 6.45) is 5.10. The van der Waals surface area contributed by atoms with Crippen LogP contribution in [0.5, 0.6) is 0 Å². The standard InChI is InChI=1S/C19H16N4O2S/c24-17(13-8-9-20-15(10-13)18(25)22-14-6-7-14)23-16-11-21-19(26-16)12-4-2-1-3-5-12/h1-5,8-11,14H,6-7H2,(H,22,25)(H,23,24). The number of hydrogen-bond donors (Lipinski definition) is 2. The van der Waals surface area contributed by atoms with Crippen molar-refractivity contribution in [2.24, 2.45) is 0 Å². The smallest absolute Gasteiger partial charge is 0.270 e. The fourth-order valence-corrected chi connectivity index (χ4v) is 3.23. The van der Waals surface area contributed by atoms with Crippen LogP contribution in [-0.4, -0.2) is 27.8 Å². The van der Waals surface area contributed by atoms with Gasteiger partial charge in [0.05, 0.1) is 6.20 Å². The number of amides is 2. The summed E-state index contributed by atoms with van der Waals surface area (Å²) in [5, 5.41) is 7.17. The highest BCUT2D eigenvalue weighted by Gasteiger charge is 2.24. The Labute approximate surface area is 154 Å². The van der Waals surface area contributed by atoms with Crippen LogP contribution in [-0.2, 0) is 0 Å². The number of rotatable bonds is 5. The molecule has 0 saturated heterocycles. The number of aromatic nitrogens is 2. The molecule has 0 aliphatic heterocycles. The van der Waals surface area contributed by atoms with E-state index in [0.29, 0.717) is 10.6 Å². The quantitative estimate of drug-likeness (QED) is 0.727. The van der Waals surface area contributed by atoms with Gasteiger partial charge in [-0.2, -0.15) is 0 Å². The molecule has 0 bridgehead atoms. The third-order valence-electron chi connectivity index (χ3n) is 3.93. The Morgan fingerprint density at radius 2 is 1.85 bits per heavy atom. The molecule has 3 aromatic rings. The van der Waals surface area contributed by atoms with Crippen molar-refractivity contribution in [2.45, 2.75) is 18.9 Å². The third kappa shape index (κ3) is 3.78. The van der Waals surface area contributed by atoms with Gasteiger partial charge in [0, 0.05) is 23.4 Å². The molecular weight excluding hydrogens is 348 g/mol. The summed E-state index contributed by atoms with van der Waals surface area (Å²) in [5.41, 5.74) is 1.63. The van der Waals surface area contributed by atoms with E-state index >= 15 is 0 Å². The molecule has 7 heteroatoms. The van der Waals surface area contributed by atoms with Gasteiger partial charge in [-0.15, -0.1) is 0 Å². The van der Waals surface area contributed by atoms with E-state index in [1.165, 1.54) is 23.6 Å². The van der Waals surface area contributed by atoms with Gasteiger partial charge < -0.3 is 10.6 Å². The molecule has 1 aliphatic rings. The molecule has 6 nitrogen and oxygen atoms in total. The molecule has 2 amide bonds. The summed E-state index contributed by atoms with van der Waals surface area (Å²) in [6, 6.07) is 13.1. The molecule has 2 heterocycles. The van der Waals surface area contributed by atoms with Crippen molar-refractivity contribution in [1.29, 1.82) is 0 Å². The molecule has 2 aromatic heterocycles. The van der Waals surface area contributed by atoms with Crippen molar-refractivity contribution in [3.8, 4) is 10.6 Å². The number of nitrogens with one attached hydrogen (secondary N) is 2. The number of anilines is 1. The molecule has 1 saturated carbocycles. The van der Waals surface area contributed by atoms with Crippen LogP contribution >= 0.6 is 11.3 Å². The summed E-state index contributed by atoms with van der Waals surface area (Å²) in [5.74, 6) is -0.539.